The van der Waals surface area contributed by atoms with Gasteiger partial charge >= 0.3 is 0 Å². The van der Waals surface area contributed by atoms with Crippen molar-refractivity contribution in [3.8, 4) is 11.8 Å². The molecule has 56 valence electrons. The van der Waals surface area contributed by atoms with E-state index in [1.54, 1.807) is 6.07 Å². The fraction of sp³-hybridized carbons (Fsp3) is 0.143. The van der Waals surface area contributed by atoms with Crippen molar-refractivity contribution >= 4 is 0 Å². The van der Waals surface area contributed by atoms with Crippen molar-refractivity contribution < 1.29 is 4.74 Å². The summed E-state index contributed by atoms with van der Waals surface area (Å²) in [6.45, 7) is 0. The maximum Gasteiger partial charge on any atom is 0.252 e. The molecular weight excluding hydrogens is 144 g/mol. The van der Waals surface area contributed by atoms with E-state index in [2.05, 4.69) is 4.98 Å². The molecule has 0 bridgehead atoms. The van der Waals surface area contributed by atoms with Crippen molar-refractivity contribution in [3.05, 3.63) is 28.2 Å². The summed E-state index contributed by atoms with van der Waals surface area (Å²) in [5.74, 6) is 0.394. The summed E-state index contributed by atoms with van der Waals surface area (Å²) in [6, 6.07) is 4.55. The molecule has 1 aromatic rings. The summed E-state index contributed by atoms with van der Waals surface area (Å²) in [5, 5.41) is 8.41. The molecule has 0 saturated carbocycles. The lowest BCUT2D eigenvalue weighted by molar-refractivity contribution is 0.413. The average Bonchev–Trinajstić information content (AvgIpc) is 2.03. The van der Waals surface area contributed by atoms with Gasteiger partial charge in [0.15, 0.2) is 0 Å². The lowest BCUT2D eigenvalue weighted by Gasteiger charge is -1.96. The normalized spacial score (nSPS) is 8.73. The van der Waals surface area contributed by atoms with E-state index in [4.69, 9.17) is 10.00 Å². The highest BCUT2D eigenvalue weighted by Crippen LogP contribution is 2.05. The smallest absolute Gasteiger partial charge is 0.252 e. The second-order valence-electron chi connectivity index (χ2n) is 1.91. The van der Waals surface area contributed by atoms with Crippen LogP contribution in [0.25, 0.3) is 0 Å². The van der Waals surface area contributed by atoms with Crippen molar-refractivity contribution in [1.29, 1.82) is 5.26 Å². The first-order chi connectivity index (χ1) is 5.26. The molecule has 0 aliphatic heterocycles. The molecule has 0 aliphatic rings. The van der Waals surface area contributed by atoms with Crippen LogP contribution in [0.5, 0.6) is 5.75 Å². The van der Waals surface area contributed by atoms with Gasteiger partial charge in [-0.05, 0) is 0 Å². The van der Waals surface area contributed by atoms with Crippen molar-refractivity contribution in [1.82, 2.24) is 4.98 Å². The molecule has 0 aromatic carbocycles. The van der Waals surface area contributed by atoms with Crippen LogP contribution in [0.1, 0.15) is 5.69 Å². The number of pyridine rings is 1. The van der Waals surface area contributed by atoms with Crippen LogP contribution in [0.2, 0.25) is 0 Å². The van der Waals surface area contributed by atoms with Crippen molar-refractivity contribution in [2.75, 3.05) is 7.11 Å². The Labute approximate surface area is 63.0 Å². The number of nitrogens with one attached hydrogen (secondary N) is 1. The average molecular weight is 150 g/mol. The zero-order valence-electron chi connectivity index (χ0n) is 5.92. The Kier molecular flexibility index (Phi) is 1.93. The second kappa shape index (κ2) is 2.88. The molecule has 1 aromatic heterocycles. The third-order valence-electron chi connectivity index (χ3n) is 1.17. The Morgan fingerprint density at radius 1 is 1.64 bits per heavy atom. The third kappa shape index (κ3) is 1.58. The van der Waals surface area contributed by atoms with Gasteiger partial charge in [-0.3, -0.25) is 4.79 Å². The number of aromatic nitrogens is 1. The van der Waals surface area contributed by atoms with Gasteiger partial charge in [-0.25, -0.2) is 0 Å². The standard InChI is InChI=1S/C7H6N2O2/c1-11-6-2-5(4-8)9-7(10)3-6/h2-3H,1H3,(H,9,10). The van der Waals surface area contributed by atoms with Gasteiger partial charge in [0.05, 0.1) is 7.11 Å². The number of nitriles is 1. The first-order valence-corrected chi connectivity index (χ1v) is 2.94. The second-order valence-corrected chi connectivity index (χ2v) is 1.91. The topological polar surface area (TPSA) is 65.9 Å². The number of ether oxygens (including phenoxy) is 1. The van der Waals surface area contributed by atoms with Crippen LogP contribution in [0, 0.1) is 11.3 Å². The van der Waals surface area contributed by atoms with Gasteiger partial charge in [0.25, 0.3) is 5.56 Å². The summed E-state index contributed by atoms with van der Waals surface area (Å²) in [4.78, 5) is 13.1. The molecule has 11 heavy (non-hydrogen) atoms. The van der Waals surface area contributed by atoms with E-state index in [0.29, 0.717) is 5.75 Å². The van der Waals surface area contributed by atoms with Gasteiger partial charge in [0, 0.05) is 12.1 Å². The molecule has 4 nitrogen and oxygen atoms in total. The highest BCUT2D eigenvalue weighted by molar-refractivity contribution is 5.29. The molecule has 1 N–H and O–H groups in total. The van der Waals surface area contributed by atoms with Crippen molar-refractivity contribution in [2.24, 2.45) is 0 Å². The summed E-state index contributed by atoms with van der Waals surface area (Å²) in [6.07, 6.45) is 0. The van der Waals surface area contributed by atoms with Crippen LogP contribution in [0.3, 0.4) is 0 Å². The maximum absolute atomic E-state index is 10.7. The van der Waals surface area contributed by atoms with E-state index in [0.717, 1.165) is 0 Å². The van der Waals surface area contributed by atoms with Crippen LogP contribution in [-0.4, -0.2) is 12.1 Å². The first kappa shape index (κ1) is 7.35. The molecule has 1 rings (SSSR count). The number of rotatable bonds is 1. The molecule has 0 saturated heterocycles. The summed E-state index contributed by atoms with van der Waals surface area (Å²) in [7, 11) is 1.44. The van der Waals surface area contributed by atoms with E-state index < -0.39 is 0 Å². The minimum Gasteiger partial charge on any atom is -0.496 e. The molecule has 0 atom stereocenters. The fourth-order valence-corrected chi connectivity index (χ4v) is 0.696. The SMILES string of the molecule is COc1cc(C#N)[nH]c(=O)c1. The summed E-state index contributed by atoms with van der Waals surface area (Å²) in [5.41, 5.74) is -0.129. The van der Waals surface area contributed by atoms with Gasteiger partial charge in [-0.15, -0.1) is 0 Å². The predicted molar refractivity (Wildman–Crippen MR) is 38.3 cm³/mol. The lowest BCUT2D eigenvalue weighted by Crippen LogP contribution is -2.06. The van der Waals surface area contributed by atoms with Gasteiger partial charge in [-0.1, -0.05) is 0 Å². The minimum atomic E-state index is -0.332. The van der Waals surface area contributed by atoms with Gasteiger partial charge < -0.3 is 9.72 Å². The van der Waals surface area contributed by atoms with Crippen LogP contribution < -0.4 is 10.3 Å². The van der Waals surface area contributed by atoms with Crippen LogP contribution in [0.15, 0.2) is 16.9 Å². The molecule has 0 fully saturated rings. The molecule has 0 spiro atoms. The van der Waals surface area contributed by atoms with E-state index >= 15 is 0 Å². The number of aromatic amines is 1. The predicted octanol–water partition coefficient (Wildman–Crippen LogP) is 0.255. The Morgan fingerprint density at radius 3 is 2.91 bits per heavy atom. The highest BCUT2D eigenvalue weighted by Gasteiger charge is 1.95. The number of methoxy groups -OCH3 is 1. The van der Waals surface area contributed by atoms with Crippen molar-refractivity contribution in [3.63, 3.8) is 0 Å². The van der Waals surface area contributed by atoms with Gasteiger partial charge in [-0.2, -0.15) is 5.26 Å². The zero-order chi connectivity index (χ0) is 8.27. The lowest BCUT2D eigenvalue weighted by atomic mass is 10.3. The van der Waals surface area contributed by atoms with Crippen molar-refractivity contribution in [2.45, 2.75) is 0 Å². The Bertz CT molecular complexity index is 348. The highest BCUT2D eigenvalue weighted by atomic mass is 16.5. The largest absolute Gasteiger partial charge is 0.496 e. The summed E-state index contributed by atoms with van der Waals surface area (Å²) >= 11 is 0. The molecule has 1 heterocycles. The van der Waals surface area contributed by atoms with Crippen LogP contribution in [0.4, 0.5) is 0 Å². The first-order valence-electron chi connectivity index (χ1n) is 2.94. The Balaban J connectivity index is 3.26. The number of nitrogens with zero attached hydrogens (tertiary/aromatic N) is 1. The number of hydrogen-bond acceptors (Lipinski definition) is 3. The Hall–Kier alpha value is -1.76. The quantitative estimate of drug-likeness (QED) is 0.624. The number of H-pyrrole nitrogens is 1. The molecule has 0 unspecified atom stereocenters. The third-order valence-corrected chi connectivity index (χ3v) is 1.17. The molecule has 0 aliphatic carbocycles. The fourth-order valence-electron chi connectivity index (χ4n) is 0.696. The zero-order valence-corrected chi connectivity index (χ0v) is 5.92. The van der Waals surface area contributed by atoms with Gasteiger partial charge in [0.1, 0.15) is 17.5 Å². The maximum atomic E-state index is 10.7. The monoisotopic (exact) mass is 150 g/mol. The minimum absolute atomic E-state index is 0.203. The molecular formula is C7H6N2O2. The van der Waals surface area contributed by atoms with Crippen LogP contribution in [-0.2, 0) is 0 Å². The molecule has 4 heteroatoms. The molecule has 0 radical (unpaired) electrons. The molecule has 0 amide bonds. The van der Waals surface area contributed by atoms with E-state index in [-0.39, 0.29) is 11.3 Å². The van der Waals surface area contributed by atoms with Crippen LogP contribution >= 0.6 is 0 Å². The van der Waals surface area contributed by atoms with E-state index in [9.17, 15) is 4.79 Å². The van der Waals surface area contributed by atoms with E-state index in [1.807, 2.05) is 0 Å². The summed E-state index contributed by atoms with van der Waals surface area (Å²) < 4.78 is 4.77. The van der Waals surface area contributed by atoms with E-state index in [1.165, 1.54) is 19.2 Å². The van der Waals surface area contributed by atoms with Gasteiger partial charge in [0.2, 0.25) is 0 Å². The Morgan fingerprint density at radius 2 is 2.36 bits per heavy atom. The number of hydrogen-bond donors (Lipinski definition) is 1.